The Morgan fingerprint density at radius 1 is 1.08 bits per heavy atom. The first kappa shape index (κ1) is 19.2. The van der Waals surface area contributed by atoms with Gasteiger partial charge in [0, 0.05) is 18.3 Å². The van der Waals surface area contributed by atoms with E-state index >= 15 is 0 Å². The van der Waals surface area contributed by atoms with Crippen molar-refractivity contribution in [3.63, 3.8) is 0 Å². The van der Waals surface area contributed by atoms with Crippen molar-refractivity contribution in [3.05, 3.63) is 66.0 Å². The number of carbonyl (C=O) groups is 3. The number of aromatic nitrogens is 1. The van der Waals surface area contributed by atoms with Gasteiger partial charge in [-0.1, -0.05) is 36.9 Å². The molecule has 0 aliphatic rings. The third-order valence-electron chi connectivity index (χ3n) is 4.10. The lowest BCUT2D eigenvalue weighted by molar-refractivity contribution is -0.159. The van der Waals surface area contributed by atoms with Gasteiger partial charge in [0.05, 0.1) is 19.9 Å². The van der Waals surface area contributed by atoms with Gasteiger partial charge in [0.15, 0.2) is 5.92 Å². The lowest BCUT2D eigenvalue weighted by atomic mass is 10.0. The maximum atomic E-state index is 12.7. The normalized spacial score (nSPS) is 10.4. The van der Waals surface area contributed by atoms with Gasteiger partial charge in [-0.05, 0) is 24.1 Å². The Morgan fingerprint density at radius 2 is 1.69 bits per heavy atom. The van der Waals surface area contributed by atoms with Crippen molar-refractivity contribution in [3.8, 4) is 0 Å². The molecule has 136 valence electrons. The van der Waals surface area contributed by atoms with Crippen LogP contribution in [0.3, 0.4) is 0 Å². The summed E-state index contributed by atoms with van der Waals surface area (Å²) in [5, 5.41) is 0. The van der Waals surface area contributed by atoms with Gasteiger partial charge in [-0.2, -0.15) is 0 Å². The lowest BCUT2D eigenvalue weighted by Crippen LogP contribution is -2.28. The summed E-state index contributed by atoms with van der Waals surface area (Å²) < 4.78 is 11.0. The van der Waals surface area contributed by atoms with E-state index in [9.17, 15) is 14.4 Å². The van der Waals surface area contributed by atoms with Crippen molar-refractivity contribution in [2.24, 2.45) is 5.92 Å². The van der Waals surface area contributed by atoms with E-state index in [1.54, 1.807) is 41.1 Å². The standard InChI is InChI=1S/C20H21NO5/c1-4-14-7-9-15(10-8-14)18(22)17-6-5-12-21(17)13-11-16(19(23)25-2)20(24)26-3/h4-10,12,16H,1,11,13H2,2-3H3. The molecular formula is C20H21NO5. The summed E-state index contributed by atoms with van der Waals surface area (Å²) in [6.45, 7) is 3.99. The minimum atomic E-state index is -1.03. The Bertz CT molecular complexity index is 788. The first-order valence-electron chi connectivity index (χ1n) is 8.09. The molecule has 0 N–H and O–H groups in total. The van der Waals surface area contributed by atoms with Crippen molar-refractivity contribution in [2.45, 2.75) is 13.0 Å². The van der Waals surface area contributed by atoms with Crippen LogP contribution in [-0.4, -0.2) is 36.5 Å². The third kappa shape index (κ3) is 4.27. The molecule has 0 unspecified atom stereocenters. The van der Waals surface area contributed by atoms with Gasteiger partial charge >= 0.3 is 11.9 Å². The first-order valence-corrected chi connectivity index (χ1v) is 8.09. The molecule has 1 aromatic heterocycles. The van der Waals surface area contributed by atoms with E-state index in [-0.39, 0.29) is 12.2 Å². The van der Waals surface area contributed by atoms with Crippen LogP contribution in [0.5, 0.6) is 0 Å². The fraction of sp³-hybridized carbons (Fsp3) is 0.250. The van der Waals surface area contributed by atoms with Gasteiger partial charge in [0.1, 0.15) is 0 Å². The predicted octanol–water partition coefficient (Wildman–Crippen LogP) is 2.71. The van der Waals surface area contributed by atoms with Crippen molar-refractivity contribution in [2.75, 3.05) is 14.2 Å². The van der Waals surface area contributed by atoms with E-state index in [0.29, 0.717) is 17.8 Å². The van der Waals surface area contributed by atoms with Gasteiger partial charge in [-0.15, -0.1) is 0 Å². The Morgan fingerprint density at radius 3 is 2.23 bits per heavy atom. The highest BCUT2D eigenvalue weighted by atomic mass is 16.5. The van der Waals surface area contributed by atoms with Crippen molar-refractivity contribution < 1.29 is 23.9 Å². The molecule has 0 saturated carbocycles. The molecule has 2 rings (SSSR count). The molecule has 0 atom stereocenters. The number of benzene rings is 1. The number of esters is 2. The number of ketones is 1. The minimum Gasteiger partial charge on any atom is -0.468 e. The summed E-state index contributed by atoms with van der Waals surface area (Å²) in [4.78, 5) is 36.3. The molecule has 0 fully saturated rings. The van der Waals surface area contributed by atoms with Crippen LogP contribution in [0.15, 0.2) is 49.2 Å². The number of ether oxygens (including phenoxy) is 2. The molecule has 6 heteroatoms. The Kier molecular flexibility index (Phi) is 6.49. The summed E-state index contributed by atoms with van der Waals surface area (Å²) >= 11 is 0. The Hall–Kier alpha value is -3.15. The van der Waals surface area contributed by atoms with Crippen molar-refractivity contribution in [1.29, 1.82) is 0 Å². The number of rotatable bonds is 8. The van der Waals surface area contributed by atoms with Gasteiger partial charge < -0.3 is 14.0 Å². The molecule has 0 radical (unpaired) electrons. The molecular weight excluding hydrogens is 334 g/mol. The zero-order chi connectivity index (χ0) is 19.1. The minimum absolute atomic E-state index is 0.140. The second kappa shape index (κ2) is 8.80. The number of hydrogen-bond donors (Lipinski definition) is 0. The summed E-state index contributed by atoms with van der Waals surface area (Å²) in [7, 11) is 2.44. The molecule has 0 bridgehead atoms. The Balaban J connectivity index is 2.16. The van der Waals surface area contributed by atoms with Crippen LogP contribution in [0.2, 0.25) is 0 Å². The SMILES string of the molecule is C=Cc1ccc(C(=O)c2cccn2CCC(C(=O)OC)C(=O)OC)cc1. The molecule has 0 aliphatic heterocycles. The molecule has 0 saturated heterocycles. The highest BCUT2D eigenvalue weighted by molar-refractivity contribution is 6.08. The number of hydrogen-bond acceptors (Lipinski definition) is 5. The number of methoxy groups -OCH3 is 2. The molecule has 2 aromatic rings. The topological polar surface area (TPSA) is 74.6 Å². The monoisotopic (exact) mass is 355 g/mol. The van der Waals surface area contributed by atoms with Gasteiger partial charge in [0.25, 0.3) is 0 Å². The van der Waals surface area contributed by atoms with Crippen LogP contribution in [0, 0.1) is 5.92 Å². The van der Waals surface area contributed by atoms with Crippen LogP contribution in [0.25, 0.3) is 6.08 Å². The molecule has 0 spiro atoms. The third-order valence-corrected chi connectivity index (χ3v) is 4.10. The summed E-state index contributed by atoms with van der Waals surface area (Å²) in [5.74, 6) is -2.48. The van der Waals surface area contributed by atoms with Gasteiger partial charge in [0.2, 0.25) is 5.78 Å². The van der Waals surface area contributed by atoms with E-state index in [1.807, 2.05) is 12.1 Å². The summed E-state index contributed by atoms with van der Waals surface area (Å²) in [6.07, 6.45) is 3.61. The zero-order valence-electron chi connectivity index (χ0n) is 14.8. The molecule has 1 heterocycles. The number of nitrogens with zero attached hydrogens (tertiary/aromatic N) is 1. The van der Waals surface area contributed by atoms with Crippen molar-refractivity contribution in [1.82, 2.24) is 4.57 Å². The van der Waals surface area contributed by atoms with E-state index in [1.165, 1.54) is 14.2 Å². The fourth-order valence-electron chi connectivity index (χ4n) is 2.62. The maximum Gasteiger partial charge on any atom is 0.320 e. The van der Waals surface area contributed by atoms with Crippen molar-refractivity contribution >= 4 is 23.8 Å². The Labute approximate surface area is 152 Å². The molecule has 1 aromatic carbocycles. The van der Waals surface area contributed by atoms with Crippen LogP contribution in [0.4, 0.5) is 0 Å². The zero-order valence-corrected chi connectivity index (χ0v) is 14.8. The predicted molar refractivity (Wildman–Crippen MR) is 96.5 cm³/mol. The second-order valence-corrected chi connectivity index (χ2v) is 5.63. The molecule has 0 aliphatic carbocycles. The van der Waals surface area contributed by atoms with Gasteiger partial charge in [-0.3, -0.25) is 14.4 Å². The largest absolute Gasteiger partial charge is 0.468 e. The van der Waals surface area contributed by atoms with E-state index < -0.39 is 17.9 Å². The highest BCUT2D eigenvalue weighted by Gasteiger charge is 2.28. The van der Waals surface area contributed by atoms with Crippen LogP contribution in [0.1, 0.15) is 28.0 Å². The molecule has 26 heavy (non-hydrogen) atoms. The van der Waals surface area contributed by atoms with E-state index in [2.05, 4.69) is 16.1 Å². The molecule has 6 nitrogen and oxygen atoms in total. The van der Waals surface area contributed by atoms with Gasteiger partial charge in [-0.25, -0.2) is 0 Å². The lowest BCUT2D eigenvalue weighted by Gasteiger charge is -2.14. The van der Waals surface area contributed by atoms with Crippen LogP contribution >= 0.6 is 0 Å². The van der Waals surface area contributed by atoms with E-state index in [4.69, 9.17) is 0 Å². The summed E-state index contributed by atoms with van der Waals surface area (Å²) in [6, 6.07) is 10.6. The smallest absolute Gasteiger partial charge is 0.320 e. The first-order chi connectivity index (χ1) is 12.5. The van der Waals surface area contributed by atoms with Crippen LogP contribution < -0.4 is 0 Å². The number of aryl methyl sites for hydroxylation is 1. The fourth-order valence-corrected chi connectivity index (χ4v) is 2.62. The average molecular weight is 355 g/mol. The highest BCUT2D eigenvalue weighted by Crippen LogP contribution is 2.16. The maximum absolute atomic E-state index is 12.7. The average Bonchev–Trinajstić information content (AvgIpc) is 3.15. The number of carbonyl (C=O) groups excluding carboxylic acids is 3. The second-order valence-electron chi connectivity index (χ2n) is 5.63. The quantitative estimate of drug-likeness (QED) is 0.413. The molecule has 0 amide bonds. The van der Waals surface area contributed by atoms with E-state index in [0.717, 1.165) is 5.56 Å². The summed E-state index contributed by atoms with van der Waals surface area (Å²) in [5.41, 5.74) is 1.95. The van der Waals surface area contributed by atoms with Crippen LogP contribution in [-0.2, 0) is 25.6 Å².